The largest absolute Gasteiger partial charge is 0.496 e. The van der Waals surface area contributed by atoms with Crippen LogP contribution in [-0.4, -0.2) is 25.6 Å². The van der Waals surface area contributed by atoms with Gasteiger partial charge in [0.1, 0.15) is 17.1 Å². The number of ether oxygens (including phenoxy) is 2. The molecule has 0 radical (unpaired) electrons. The number of hydrogen-bond acceptors (Lipinski definition) is 5. The van der Waals surface area contributed by atoms with Crippen molar-refractivity contribution in [2.24, 2.45) is 0 Å². The van der Waals surface area contributed by atoms with E-state index in [1.165, 1.54) is 31.4 Å². The molecule has 0 aliphatic carbocycles. The van der Waals surface area contributed by atoms with E-state index in [0.717, 1.165) is 0 Å². The van der Waals surface area contributed by atoms with Crippen LogP contribution >= 0.6 is 11.6 Å². The predicted molar refractivity (Wildman–Crippen MR) is 92.5 cm³/mol. The lowest BCUT2D eigenvalue weighted by Crippen LogP contribution is -2.21. The van der Waals surface area contributed by atoms with Crippen molar-refractivity contribution in [1.29, 1.82) is 0 Å². The van der Waals surface area contributed by atoms with Gasteiger partial charge in [0, 0.05) is 6.07 Å². The number of hydrogen-bond donors (Lipinski definition) is 2. The summed E-state index contributed by atoms with van der Waals surface area (Å²) in [7, 11) is 1.35. The fourth-order valence-corrected chi connectivity index (χ4v) is 2.18. The Labute approximate surface area is 148 Å². The van der Waals surface area contributed by atoms with Gasteiger partial charge in [-0.05, 0) is 30.7 Å². The first-order valence-electron chi connectivity index (χ1n) is 7.18. The van der Waals surface area contributed by atoms with Crippen LogP contribution in [0.25, 0.3) is 0 Å². The molecule has 0 fully saturated rings. The summed E-state index contributed by atoms with van der Waals surface area (Å²) in [4.78, 5) is 23.9. The number of amides is 1. The number of aryl methyl sites for hydroxylation is 1. The molecule has 0 bridgehead atoms. The summed E-state index contributed by atoms with van der Waals surface area (Å²) in [6, 6.07) is 7.01. The summed E-state index contributed by atoms with van der Waals surface area (Å²) in [6.45, 7) is 1.12. The fourth-order valence-electron chi connectivity index (χ4n) is 2.01. The van der Waals surface area contributed by atoms with Crippen LogP contribution in [0.4, 0.5) is 15.8 Å². The number of rotatable bonds is 5. The molecule has 2 rings (SSSR count). The Morgan fingerprint density at radius 3 is 2.64 bits per heavy atom. The Hall–Kier alpha value is -2.80. The zero-order valence-corrected chi connectivity index (χ0v) is 14.3. The number of benzene rings is 2. The Balaban J connectivity index is 2.02. The number of methoxy groups -OCH3 is 1. The second kappa shape index (κ2) is 7.85. The molecule has 0 unspecified atom stereocenters. The molecular formula is C17H16ClFN2O4. The van der Waals surface area contributed by atoms with Crippen molar-refractivity contribution in [3.05, 3.63) is 52.3 Å². The van der Waals surface area contributed by atoms with E-state index in [1.54, 1.807) is 13.0 Å². The zero-order valence-electron chi connectivity index (χ0n) is 13.6. The molecule has 132 valence electrons. The van der Waals surface area contributed by atoms with E-state index >= 15 is 0 Å². The van der Waals surface area contributed by atoms with Crippen LogP contribution in [0.3, 0.4) is 0 Å². The first-order valence-corrected chi connectivity index (χ1v) is 7.55. The third-order valence-corrected chi connectivity index (χ3v) is 3.60. The molecule has 0 spiro atoms. The first kappa shape index (κ1) is 18.5. The van der Waals surface area contributed by atoms with Crippen molar-refractivity contribution in [2.75, 3.05) is 24.8 Å². The smallest absolute Gasteiger partial charge is 0.342 e. The highest BCUT2D eigenvalue weighted by Gasteiger charge is 2.18. The van der Waals surface area contributed by atoms with Gasteiger partial charge in [0.25, 0.3) is 5.91 Å². The molecule has 0 saturated heterocycles. The third-order valence-electron chi connectivity index (χ3n) is 3.27. The molecule has 0 aliphatic heterocycles. The highest BCUT2D eigenvalue weighted by Crippen LogP contribution is 2.29. The Kier molecular flexibility index (Phi) is 5.82. The first-order chi connectivity index (χ1) is 11.8. The van der Waals surface area contributed by atoms with Crippen molar-refractivity contribution in [3.8, 4) is 5.75 Å². The van der Waals surface area contributed by atoms with E-state index in [4.69, 9.17) is 26.8 Å². The number of esters is 1. The van der Waals surface area contributed by atoms with Crippen LogP contribution in [0.2, 0.25) is 5.02 Å². The maximum atomic E-state index is 13.7. The predicted octanol–water partition coefficient (Wildman–Crippen LogP) is 3.17. The number of nitrogens with one attached hydrogen (secondary N) is 1. The van der Waals surface area contributed by atoms with Crippen molar-refractivity contribution in [3.63, 3.8) is 0 Å². The summed E-state index contributed by atoms with van der Waals surface area (Å²) in [6.07, 6.45) is 0. The van der Waals surface area contributed by atoms with Crippen LogP contribution in [0.5, 0.6) is 5.75 Å². The van der Waals surface area contributed by atoms with Gasteiger partial charge in [-0.2, -0.15) is 0 Å². The van der Waals surface area contributed by atoms with Crippen molar-refractivity contribution in [2.45, 2.75) is 6.92 Å². The van der Waals surface area contributed by atoms with Crippen LogP contribution in [-0.2, 0) is 9.53 Å². The van der Waals surface area contributed by atoms with Gasteiger partial charge in [0.15, 0.2) is 6.61 Å². The Bertz CT molecular complexity index is 827. The lowest BCUT2D eigenvalue weighted by molar-refractivity contribution is -0.119. The highest BCUT2D eigenvalue weighted by atomic mass is 35.5. The number of anilines is 2. The van der Waals surface area contributed by atoms with Crippen LogP contribution in [0.15, 0.2) is 30.3 Å². The second-order valence-electron chi connectivity index (χ2n) is 5.18. The van der Waals surface area contributed by atoms with E-state index in [0.29, 0.717) is 5.56 Å². The number of carbonyl (C=O) groups is 2. The van der Waals surface area contributed by atoms with E-state index in [2.05, 4.69) is 5.32 Å². The summed E-state index contributed by atoms with van der Waals surface area (Å²) in [5.41, 5.74) is 6.61. The van der Waals surface area contributed by atoms with Gasteiger partial charge in [0.2, 0.25) is 0 Å². The summed E-state index contributed by atoms with van der Waals surface area (Å²) in [5.74, 6) is -1.92. The van der Waals surface area contributed by atoms with Gasteiger partial charge in [-0.25, -0.2) is 9.18 Å². The minimum Gasteiger partial charge on any atom is -0.496 e. The molecule has 0 aliphatic rings. The summed E-state index contributed by atoms with van der Waals surface area (Å²) < 4.78 is 23.6. The van der Waals surface area contributed by atoms with Crippen LogP contribution in [0, 0.1) is 12.7 Å². The fraction of sp³-hybridized carbons (Fsp3) is 0.176. The molecule has 0 saturated carbocycles. The molecular weight excluding hydrogens is 351 g/mol. The lowest BCUT2D eigenvalue weighted by Gasteiger charge is -2.11. The monoisotopic (exact) mass is 366 g/mol. The quantitative estimate of drug-likeness (QED) is 0.626. The normalized spacial score (nSPS) is 10.2. The molecule has 0 atom stereocenters. The third kappa shape index (κ3) is 4.60. The molecule has 6 nitrogen and oxygen atoms in total. The molecule has 25 heavy (non-hydrogen) atoms. The van der Waals surface area contributed by atoms with Crippen LogP contribution in [0.1, 0.15) is 15.9 Å². The van der Waals surface area contributed by atoms with E-state index in [1.807, 2.05) is 0 Å². The van der Waals surface area contributed by atoms with Gasteiger partial charge in [-0.3, -0.25) is 4.79 Å². The van der Waals surface area contributed by atoms with Gasteiger partial charge >= 0.3 is 5.97 Å². The average molecular weight is 367 g/mol. The summed E-state index contributed by atoms with van der Waals surface area (Å²) >= 11 is 5.88. The van der Waals surface area contributed by atoms with E-state index in [9.17, 15) is 14.0 Å². The number of carbonyl (C=O) groups excluding carboxylic acids is 2. The zero-order chi connectivity index (χ0) is 18.6. The molecule has 0 aromatic heterocycles. The number of nitrogens with two attached hydrogens (primary N) is 1. The number of halogens is 2. The van der Waals surface area contributed by atoms with Crippen molar-refractivity contribution < 1.29 is 23.5 Å². The van der Waals surface area contributed by atoms with Crippen LogP contribution < -0.4 is 15.8 Å². The average Bonchev–Trinajstić information content (AvgIpc) is 2.57. The topological polar surface area (TPSA) is 90.7 Å². The molecule has 2 aromatic rings. The van der Waals surface area contributed by atoms with Crippen molar-refractivity contribution in [1.82, 2.24) is 0 Å². The van der Waals surface area contributed by atoms with Gasteiger partial charge < -0.3 is 20.5 Å². The molecule has 8 heteroatoms. The second-order valence-corrected chi connectivity index (χ2v) is 5.59. The minimum absolute atomic E-state index is 0.000223. The lowest BCUT2D eigenvalue weighted by atomic mass is 10.2. The minimum atomic E-state index is -0.821. The Morgan fingerprint density at radius 2 is 2.00 bits per heavy atom. The van der Waals surface area contributed by atoms with Gasteiger partial charge in [0.05, 0.1) is 23.5 Å². The van der Waals surface area contributed by atoms with Gasteiger partial charge in [-0.1, -0.05) is 17.7 Å². The molecule has 0 heterocycles. The Morgan fingerprint density at radius 1 is 1.28 bits per heavy atom. The highest BCUT2D eigenvalue weighted by molar-refractivity contribution is 6.33. The standard InChI is InChI=1S/C17H16ClFN2O4/c1-9-3-4-14(12(19)5-9)21-16(22)8-25-17(23)10-6-11(18)13(20)7-15(10)24-2/h3-7H,8,20H2,1-2H3,(H,21,22). The van der Waals surface area contributed by atoms with E-state index < -0.39 is 24.3 Å². The molecule has 2 aromatic carbocycles. The maximum absolute atomic E-state index is 13.7. The maximum Gasteiger partial charge on any atom is 0.342 e. The number of nitrogen functional groups attached to an aromatic ring is 1. The van der Waals surface area contributed by atoms with Gasteiger partial charge in [-0.15, -0.1) is 0 Å². The van der Waals surface area contributed by atoms with Crippen molar-refractivity contribution >= 4 is 34.9 Å². The SMILES string of the molecule is COc1cc(N)c(Cl)cc1C(=O)OCC(=O)Nc1ccc(C)cc1F. The summed E-state index contributed by atoms with van der Waals surface area (Å²) in [5, 5.41) is 2.48. The molecule has 1 amide bonds. The van der Waals surface area contributed by atoms with E-state index in [-0.39, 0.29) is 27.7 Å². The molecule has 3 N–H and O–H groups in total.